The summed E-state index contributed by atoms with van der Waals surface area (Å²) >= 11 is 0. The Balaban J connectivity index is 2.92. The van der Waals surface area contributed by atoms with Gasteiger partial charge in [0.2, 0.25) is 0 Å². The van der Waals surface area contributed by atoms with E-state index in [9.17, 15) is 8.78 Å². The van der Waals surface area contributed by atoms with E-state index in [-0.39, 0.29) is 6.04 Å². The molecule has 0 unspecified atom stereocenters. The molecule has 0 amide bonds. The van der Waals surface area contributed by atoms with Crippen LogP contribution in [0.1, 0.15) is 12.5 Å². The molecule has 0 saturated carbocycles. The maximum Gasteiger partial charge on any atom is 0.162 e. The summed E-state index contributed by atoms with van der Waals surface area (Å²) in [7, 11) is 0. The Labute approximate surface area is 70.2 Å². The van der Waals surface area contributed by atoms with Crippen LogP contribution in [0.5, 0.6) is 0 Å². The van der Waals surface area contributed by atoms with Crippen LogP contribution in [-0.4, -0.2) is 6.04 Å². The summed E-state index contributed by atoms with van der Waals surface area (Å²) in [6, 6.07) is 3.97. The van der Waals surface area contributed by atoms with Gasteiger partial charge in [-0.3, -0.25) is 0 Å². The Kier molecular flexibility index (Phi) is 2.76. The van der Waals surface area contributed by atoms with Crippen molar-refractivity contribution in [3.8, 4) is 0 Å². The van der Waals surface area contributed by atoms with Crippen molar-refractivity contribution in [3.63, 3.8) is 0 Å². The maximum atomic E-state index is 12.9. The molecule has 0 aliphatic heterocycles. The molecule has 66 valence electrons. The first kappa shape index (κ1) is 9.13. The second kappa shape index (κ2) is 3.63. The first-order valence-corrected chi connectivity index (χ1v) is 3.79. The van der Waals surface area contributed by atoms with E-state index in [4.69, 9.17) is 5.73 Å². The Morgan fingerprint density at radius 3 is 2.67 bits per heavy atom. The average Bonchev–Trinajstić information content (AvgIpc) is 1.98. The van der Waals surface area contributed by atoms with Crippen molar-refractivity contribution in [1.82, 2.24) is 0 Å². The van der Waals surface area contributed by atoms with Crippen LogP contribution in [-0.2, 0) is 6.42 Å². The van der Waals surface area contributed by atoms with Gasteiger partial charge < -0.3 is 5.73 Å². The fourth-order valence-electron chi connectivity index (χ4n) is 1.05. The summed E-state index contributed by atoms with van der Waals surface area (Å²) in [5.41, 5.74) is 5.79. The zero-order chi connectivity index (χ0) is 9.14. The van der Waals surface area contributed by atoms with E-state index in [0.717, 1.165) is 6.07 Å². The van der Waals surface area contributed by atoms with Gasteiger partial charge in [-0.1, -0.05) is 12.1 Å². The van der Waals surface area contributed by atoms with Crippen molar-refractivity contribution in [1.29, 1.82) is 0 Å². The van der Waals surface area contributed by atoms with E-state index < -0.39 is 11.6 Å². The summed E-state index contributed by atoms with van der Waals surface area (Å²) in [5.74, 6) is -1.59. The third kappa shape index (κ3) is 2.01. The van der Waals surface area contributed by atoms with Crippen LogP contribution in [0.2, 0.25) is 0 Å². The molecule has 1 aromatic carbocycles. The van der Waals surface area contributed by atoms with Crippen LogP contribution >= 0.6 is 0 Å². The van der Waals surface area contributed by atoms with Crippen molar-refractivity contribution in [3.05, 3.63) is 35.4 Å². The van der Waals surface area contributed by atoms with E-state index in [1.807, 2.05) is 0 Å². The van der Waals surface area contributed by atoms with E-state index >= 15 is 0 Å². The second-order valence-corrected chi connectivity index (χ2v) is 2.89. The molecule has 12 heavy (non-hydrogen) atoms. The molecule has 0 aliphatic carbocycles. The quantitative estimate of drug-likeness (QED) is 0.722. The highest BCUT2D eigenvalue weighted by Gasteiger charge is 2.08. The highest BCUT2D eigenvalue weighted by Crippen LogP contribution is 2.12. The molecule has 1 nitrogen and oxygen atoms in total. The van der Waals surface area contributed by atoms with Crippen LogP contribution in [0.4, 0.5) is 8.78 Å². The van der Waals surface area contributed by atoms with Gasteiger partial charge in [-0.2, -0.15) is 0 Å². The Morgan fingerprint density at radius 2 is 2.08 bits per heavy atom. The normalized spacial score (nSPS) is 13.0. The molecule has 0 spiro atoms. The van der Waals surface area contributed by atoms with Crippen molar-refractivity contribution < 1.29 is 8.78 Å². The first-order valence-electron chi connectivity index (χ1n) is 3.79. The summed E-state index contributed by atoms with van der Waals surface area (Å²) in [6.45, 7) is 1.75. The molecule has 1 aromatic rings. The van der Waals surface area contributed by atoms with Crippen molar-refractivity contribution in [2.24, 2.45) is 5.73 Å². The van der Waals surface area contributed by atoms with Crippen LogP contribution in [0, 0.1) is 11.6 Å². The molecule has 1 rings (SSSR count). The van der Waals surface area contributed by atoms with Gasteiger partial charge in [0.25, 0.3) is 0 Å². The summed E-state index contributed by atoms with van der Waals surface area (Å²) in [5, 5.41) is 0. The Morgan fingerprint density at radius 1 is 1.42 bits per heavy atom. The third-order valence-electron chi connectivity index (χ3n) is 1.57. The van der Waals surface area contributed by atoms with Crippen LogP contribution < -0.4 is 5.73 Å². The average molecular weight is 171 g/mol. The van der Waals surface area contributed by atoms with Gasteiger partial charge in [-0.15, -0.1) is 0 Å². The van der Waals surface area contributed by atoms with E-state index in [0.29, 0.717) is 12.0 Å². The smallest absolute Gasteiger partial charge is 0.162 e. The van der Waals surface area contributed by atoms with Gasteiger partial charge in [0.1, 0.15) is 0 Å². The monoisotopic (exact) mass is 171 g/mol. The molecule has 0 fully saturated rings. The molecule has 0 aromatic heterocycles. The van der Waals surface area contributed by atoms with Gasteiger partial charge >= 0.3 is 0 Å². The van der Waals surface area contributed by atoms with Gasteiger partial charge in [0, 0.05) is 6.04 Å². The Bertz CT molecular complexity index is 271. The number of halogens is 2. The molecule has 0 heterocycles. The lowest BCUT2D eigenvalue weighted by molar-refractivity contribution is 0.495. The number of nitrogens with two attached hydrogens (primary N) is 1. The summed E-state index contributed by atoms with van der Waals surface area (Å²) < 4.78 is 25.5. The van der Waals surface area contributed by atoms with Crippen molar-refractivity contribution in [2.75, 3.05) is 0 Å². The summed E-state index contributed by atoms with van der Waals surface area (Å²) in [6.07, 6.45) is 0.365. The van der Waals surface area contributed by atoms with Crippen LogP contribution in [0.3, 0.4) is 0 Å². The number of benzene rings is 1. The van der Waals surface area contributed by atoms with E-state index in [2.05, 4.69) is 0 Å². The molecule has 0 radical (unpaired) electrons. The maximum absolute atomic E-state index is 12.9. The van der Waals surface area contributed by atoms with Crippen molar-refractivity contribution in [2.45, 2.75) is 19.4 Å². The molecular formula is C9H11F2N. The Hall–Kier alpha value is -0.960. The lowest BCUT2D eigenvalue weighted by atomic mass is 10.1. The predicted octanol–water partition coefficient (Wildman–Crippen LogP) is 1.85. The number of rotatable bonds is 2. The fourth-order valence-corrected chi connectivity index (χ4v) is 1.05. The van der Waals surface area contributed by atoms with E-state index in [1.165, 1.54) is 6.07 Å². The topological polar surface area (TPSA) is 26.0 Å². The van der Waals surface area contributed by atoms with Crippen LogP contribution in [0.15, 0.2) is 18.2 Å². The summed E-state index contributed by atoms with van der Waals surface area (Å²) in [4.78, 5) is 0. The standard InChI is InChI=1S/C9H11F2N/c1-6(12)5-7-3-2-4-8(10)9(7)11/h2-4,6H,5,12H2,1H3/t6-/m0/s1. The minimum absolute atomic E-state index is 0.152. The zero-order valence-electron chi connectivity index (χ0n) is 6.85. The van der Waals surface area contributed by atoms with Crippen LogP contribution in [0.25, 0.3) is 0 Å². The molecule has 3 heteroatoms. The SMILES string of the molecule is C[C@H](N)Cc1cccc(F)c1F. The minimum atomic E-state index is -0.812. The zero-order valence-corrected chi connectivity index (χ0v) is 6.85. The third-order valence-corrected chi connectivity index (χ3v) is 1.57. The first-order chi connectivity index (χ1) is 5.61. The highest BCUT2D eigenvalue weighted by atomic mass is 19.2. The fraction of sp³-hybridized carbons (Fsp3) is 0.333. The highest BCUT2D eigenvalue weighted by molar-refractivity contribution is 5.19. The number of hydrogen-bond acceptors (Lipinski definition) is 1. The minimum Gasteiger partial charge on any atom is -0.328 e. The molecule has 1 atom stereocenters. The lowest BCUT2D eigenvalue weighted by Gasteiger charge is -2.05. The van der Waals surface area contributed by atoms with Gasteiger partial charge in [-0.25, -0.2) is 8.78 Å². The van der Waals surface area contributed by atoms with Crippen molar-refractivity contribution >= 4 is 0 Å². The molecule has 0 saturated heterocycles. The molecular weight excluding hydrogens is 160 g/mol. The lowest BCUT2D eigenvalue weighted by Crippen LogP contribution is -2.18. The molecule has 2 N–H and O–H groups in total. The van der Waals surface area contributed by atoms with Gasteiger partial charge in [-0.05, 0) is 25.0 Å². The predicted molar refractivity (Wildman–Crippen MR) is 43.7 cm³/mol. The van der Waals surface area contributed by atoms with Gasteiger partial charge in [0.05, 0.1) is 0 Å². The van der Waals surface area contributed by atoms with Gasteiger partial charge in [0.15, 0.2) is 11.6 Å². The van der Waals surface area contributed by atoms with E-state index in [1.54, 1.807) is 13.0 Å². The largest absolute Gasteiger partial charge is 0.328 e. The number of hydrogen-bond donors (Lipinski definition) is 1. The second-order valence-electron chi connectivity index (χ2n) is 2.89. The molecule has 0 aliphatic rings. The molecule has 0 bridgehead atoms.